The molecule has 0 radical (unpaired) electrons. The van der Waals surface area contributed by atoms with Gasteiger partial charge in [-0.1, -0.05) is 26.7 Å². The van der Waals surface area contributed by atoms with Crippen molar-refractivity contribution < 1.29 is 118 Å². The predicted molar refractivity (Wildman–Crippen MR) is 269 cm³/mol. The number of hydrogen-bond acceptors (Lipinski definition) is 26. The number of aldehydes is 1. The molecule has 0 spiro atoms. The van der Waals surface area contributed by atoms with Gasteiger partial charge in [0.25, 0.3) is 0 Å². The third-order valence-electron chi connectivity index (χ3n) is 12.5. The lowest BCUT2D eigenvalue weighted by molar-refractivity contribution is -0.366. The summed E-state index contributed by atoms with van der Waals surface area (Å²) < 4.78 is 44.1. The second kappa shape index (κ2) is 40.0. The maximum absolute atomic E-state index is 12.8. The highest BCUT2D eigenvalue weighted by Gasteiger charge is 2.52. The molecule has 4 aliphatic heterocycles. The third-order valence-corrected chi connectivity index (χ3v) is 12.5. The SMILES string of the molecule is CC.CNCCCCCC(N)=O.O=CCN(CC(=O)NCCCCCC(=O)NCCOC1OCCCC1O)CC(=O)NCCO[C@H]1OC(CO[C@H]2OC(CO)[C@@H](O)C(O)C2O)[C@@H](O)C(O[C@H]2OC(CO)[C@@H](O)C(O)C2O)C1O. The highest BCUT2D eigenvalue weighted by molar-refractivity contribution is 5.81. The van der Waals surface area contributed by atoms with Crippen LogP contribution in [0.25, 0.3) is 0 Å². The van der Waals surface area contributed by atoms with Gasteiger partial charge in [-0.2, -0.15) is 0 Å². The van der Waals surface area contributed by atoms with Crippen LogP contribution in [0.1, 0.15) is 78.1 Å². The Kier molecular flexibility index (Phi) is 36.3. The van der Waals surface area contributed by atoms with Gasteiger partial charge in [-0.05, 0) is 52.1 Å². The van der Waals surface area contributed by atoms with Crippen LogP contribution in [-0.2, 0) is 61.9 Å². The second-order valence-corrected chi connectivity index (χ2v) is 18.6. The molecule has 0 saturated carbocycles. The van der Waals surface area contributed by atoms with E-state index in [2.05, 4.69) is 21.3 Å². The number of carbonyl (C=O) groups is 5. The van der Waals surface area contributed by atoms with Crippen LogP contribution < -0.4 is 27.0 Å². The van der Waals surface area contributed by atoms with E-state index < -0.39 is 136 Å². The Morgan fingerprint density at radius 3 is 1.67 bits per heavy atom. The number of primary amides is 1. The lowest BCUT2D eigenvalue weighted by Gasteiger charge is -2.46. The Balaban J connectivity index is 0.00000155. The summed E-state index contributed by atoms with van der Waals surface area (Å²) in [4.78, 5) is 60.3. The largest absolute Gasteiger partial charge is 0.394 e. The van der Waals surface area contributed by atoms with E-state index in [9.17, 15) is 80.1 Å². The summed E-state index contributed by atoms with van der Waals surface area (Å²) >= 11 is 0. The minimum atomic E-state index is -1.94. The molecule has 0 aromatic carbocycles. The molecule has 17 atom stereocenters. The Morgan fingerprint density at radius 2 is 1.10 bits per heavy atom. The molecular weight excluding hydrogens is 1040 g/mol. The van der Waals surface area contributed by atoms with E-state index in [1.807, 2.05) is 20.9 Å². The van der Waals surface area contributed by atoms with Crippen molar-refractivity contribution in [2.45, 2.75) is 183 Å². The van der Waals surface area contributed by atoms with Gasteiger partial charge in [-0.3, -0.25) is 24.1 Å². The minimum Gasteiger partial charge on any atom is -0.394 e. The number of hydrogen-bond donors (Lipinski definition) is 16. The maximum atomic E-state index is 12.8. The van der Waals surface area contributed by atoms with Gasteiger partial charge in [-0.25, -0.2) is 0 Å². The summed E-state index contributed by atoms with van der Waals surface area (Å²) in [5.41, 5.74) is 4.95. The molecule has 0 aromatic heterocycles. The molecule has 30 nitrogen and oxygen atoms in total. The molecule has 78 heavy (non-hydrogen) atoms. The fraction of sp³-hybridized carbons (Fsp3) is 0.896. The maximum Gasteiger partial charge on any atom is 0.234 e. The van der Waals surface area contributed by atoms with Crippen molar-refractivity contribution in [2.24, 2.45) is 5.73 Å². The number of unbranched alkanes of at least 4 members (excludes halogenated alkanes) is 4. The van der Waals surface area contributed by atoms with Crippen LogP contribution >= 0.6 is 0 Å². The van der Waals surface area contributed by atoms with Gasteiger partial charge in [0, 0.05) is 39.1 Å². The molecule has 4 amide bonds. The summed E-state index contributed by atoms with van der Waals surface area (Å²) in [7, 11) is 1.92. The van der Waals surface area contributed by atoms with Crippen molar-refractivity contribution in [3.8, 4) is 0 Å². The van der Waals surface area contributed by atoms with E-state index in [1.165, 1.54) is 4.90 Å². The lowest BCUT2D eigenvalue weighted by atomic mass is 9.96. The number of rotatable bonds is 33. The Bertz CT molecular complexity index is 1670. The standard InChI is InChI=1S/C39H68N4O23.C7H16N2O.C2H6/c44-11-10-43(15-25(49)40-7-3-1-2-6-24(48)41-8-13-60-36-20(47)5-4-12-59-36)16-26(50)42-9-14-61-38-34(58)35(66-39-33(57)31(55)28(52)22(18-46)64-39)29(53)23(65-38)19-62-37-32(56)30(54)27(51)21(17-45)63-37;1-9-6-4-2-3-5-7(8)10;1-2/h11,20-23,27-39,45-47,51-58H,1-10,12-19H2,(H,40,49)(H,41,48)(H,42,50);9H,2-6H2,1H3,(H2,8,10);1-2H3/t20?,21?,22?,23?,27-,28-,29-,30?,31?,32?,33?,34?,35?,36?,37+,38+,39-;;/m1../s1. The average molecular weight is 1140 g/mol. The first-order valence-electron chi connectivity index (χ1n) is 26.7. The summed E-state index contributed by atoms with van der Waals surface area (Å²) in [5.74, 6) is -1.42. The van der Waals surface area contributed by atoms with E-state index in [0.29, 0.717) is 45.0 Å². The first-order chi connectivity index (χ1) is 37.4. The Morgan fingerprint density at radius 1 is 0.590 bits per heavy atom. The number of ether oxygens (including phenoxy) is 8. The van der Waals surface area contributed by atoms with Crippen molar-refractivity contribution in [1.29, 1.82) is 0 Å². The highest BCUT2D eigenvalue weighted by Crippen LogP contribution is 2.31. The Hall–Kier alpha value is -3.29. The average Bonchev–Trinajstić information content (AvgIpc) is 3.44. The first kappa shape index (κ1) is 70.8. The van der Waals surface area contributed by atoms with Crippen molar-refractivity contribution in [2.75, 3.05) is 92.5 Å². The predicted octanol–water partition coefficient (Wildman–Crippen LogP) is -7.35. The van der Waals surface area contributed by atoms with Crippen LogP contribution in [0.4, 0.5) is 0 Å². The van der Waals surface area contributed by atoms with Crippen molar-refractivity contribution in [3.05, 3.63) is 0 Å². The van der Waals surface area contributed by atoms with E-state index in [0.717, 1.165) is 32.2 Å². The van der Waals surface area contributed by atoms with Crippen LogP contribution in [0.3, 0.4) is 0 Å². The number of nitrogens with zero attached hydrogens (tertiary/aromatic N) is 1. The number of carbonyl (C=O) groups excluding carboxylic acids is 5. The zero-order valence-electron chi connectivity index (χ0n) is 44.9. The summed E-state index contributed by atoms with van der Waals surface area (Å²) in [6.07, 6.45) is -19.7. The summed E-state index contributed by atoms with van der Waals surface area (Å²) in [6, 6.07) is 0. The van der Waals surface area contributed by atoms with Crippen LogP contribution in [0.15, 0.2) is 0 Å². The normalized spacial score (nSPS) is 31.9. The van der Waals surface area contributed by atoms with E-state index in [1.54, 1.807) is 0 Å². The molecule has 30 heteroatoms. The monoisotopic (exact) mass is 1130 g/mol. The van der Waals surface area contributed by atoms with Crippen LogP contribution in [0.5, 0.6) is 0 Å². The van der Waals surface area contributed by atoms with Gasteiger partial charge in [0.05, 0.1) is 52.7 Å². The van der Waals surface area contributed by atoms with Crippen molar-refractivity contribution in [3.63, 3.8) is 0 Å². The Labute approximate surface area is 454 Å². The van der Waals surface area contributed by atoms with Crippen LogP contribution in [-0.4, -0.2) is 288 Å². The third kappa shape index (κ3) is 25.2. The zero-order chi connectivity index (χ0) is 58.2. The lowest BCUT2D eigenvalue weighted by Crippen LogP contribution is -2.65. The van der Waals surface area contributed by atoms with Gasteiger partial charge in [0.15, 0.2) is 25.2 Å². The van der Waals surface area contributed by atoms with E-state index in [-0.39, 0.29) is 70.7 Å². The summed E-state index contributed by atoms with van der Waals surface area (Å²) in [6.45, 7) is 2.54. The van der Waals surface area contributed by atoms with Crippen LogP contribution in [0, 0.1) is 0 Å². The highest BCUT2D eigenvalue weighted by atomic mass is 16.8. The second-order valence-electron chi connectivity index (χ2n) is 18.6. The van der Waals surface area contributed by atoms with E-state index >= 15 is 0 Å². The molecular formula is C48H90N6O24. The molecule has 4 saturated heterocycles. The fourth-order valence-corrected chi connectivity index (χ4v) is 8.19. The molecule has 4 heterocycles. The summed E-state index contributed by atoms with van der Waals surface area (Å²) in [5, 5.41) is 124. The van der Waals surface area contributed by atoms with Crippen molar-refractivity contribution in [1.82, 2.24) is 26.2 Å². The number of aliphatic hydroxyl groups excluding tert-OH is 11. The molecule has 0 aliphatic carbocycles. The molecule has 4 aliphatic rings. The van der Waals surface area contributed by atoms with Crippen molar-refractivity contribution >= 4 is 29.9 Å². The van der Waals surface area contributed by atoms with Gasteiger partial charge >= 0.3 is 0 Å². The topological polar surface area (TPSA) is 459 Å². The van der Waals surface area contributed by atoms with Gasteiger partial charge in [0.2, 0.25) is 23.6 Å². The van der Waals surface area contributed by atoms with E-state index in [4.69, 9.17) is 43.6 Å². The number of aliphatic hydroxyl groups is 11. The molecule has 17 N–H and O–H groups in total. The first-order valence-corrected chi connectivity index (χ1v) is 26.7. The smallest absolute Gasteiger partial charge is 0.234 e. The van der Waals surface area contributed by atoms with Crippen LogP contribution in [0.2, 0.25) is 0 Å². The molecule has 0 bridgehead atoms. The number of nitrogens with one attached hydrogen (secondary N) is 4. The molecule has 11 unspecified atom stereocenters. The zero-order valence-corrected chi connectivity index (χ0v) is 44.9. The number of nitrogens with two attached hydrogens (primary N) is 1. The molecule has 4 fully saturated rings. The van der Waals surface area contributed by atoms with Gasteiger partial charge in [-0.15, -0.1) is 0 Å². The minimum absolute atomic E-state index is 0.165. The molecule has 0 aromatic rings. The van der Waals surface area contributed by atoms with Gasteiger partial charge in [0.1, 0.15) is 85.6 Å². The van der Waals surface area contributed by atoms with Gasteiger partial charge < -0.3 is 126 Å². The molecule has 4 rings (SSSR count). The fourth-order valence-electron chi connectivity index (χ4n) is 8.19. The number of amides is 4. The quantitative estimate of drug-likeness (QED) is 0.0214. The molecule has 456 valence electrons.